The molecule has 26 heavy (non-hydrogen) atoms. The van der Waals surface area contributed by atoms with Gasteiger partial charge in [0.2, 0.25) is 5.91 Å². The van der Waals surface area contributed by atoms with E-state index in [1.54, 1.807) is 42.5 Å². The molecule has 0 spiro atoms. The van der Waals surface area contributed by atoms with Gasteiger partial charge in [-0.1, -0.05) is 29.3 Å². The zero-order chi connectivity index (χ0) is 19.1. The van der Waals surface area contributed by atoms with Gasteiger partial charge in [-0.15, -0.1) is 0 Å². The summed E-state index contributed by atoms with van der Waals surface area (Å²) in [5.74, 6) is -0.292. The van der Waals surface area contributed by atoms with E-state index in [4.69, 9.17) is 27.9 Å². The number of ether oxygens (including phenoxy) is 2. The van der Waals surface area contributed by atoms with E-state index in [2.05, 4.69) is 10.1 Å². The van der Waals surface area contributed by atoms with Crippen LogP contribution in [0.25, 0.3) is 6.08 Å². The summed E-state index contributed by atoms with van der Waals surface area (Å²) in [4.78, 5) is 23.2. The van der Waals surface area contributed by atoms with Crippen molar-refractivity contribution < 1.29 is 19.1 Å². The standard InChI is InChI=1S/C19H17Cl2NO4/c1-12-10-13(26-11-19(24)25-2)6-8-17(12)22-18(23)9-7-14-15(20)4-3-5-16(14)21/h3-10H,11H2,1-2H3,(H,22,23)/b9-7+. The topological polar surface area (TPSA) is 64.6 Å². The summed E-state index contributed by atoms with van der Waals surface area (Å²) in [7, 11) is 1.29. The molecule has 0 saturated carbocycles. The van der Waals surface area contributed by atoms with Crippen molar-refractivity contribution in [3.8, 4) is 5.75 Å². The molecule has 0 bridgehead atoms. The lowest BCUT2D eigenvalue weighted by atomic mass is 10.2. The molecule has 2 aromatic rings. The van der Waals surface area contributed by atoms with Crippen LogP contribution >= 0.6 is 23.2 Å². The molecule has 1 N–H and O–H groups in total. The summed E-state index contributed by atoms with van der Waals surface area (Å²) in [5.41, 5.74) is 1.98. The summed E-state index contributed by atoms with van der Waals surface area (Å²) >= 11 is 12.1. The monoisotopic (exact) mass is 393 g/mol. The molecule has 2 aromatic carbocycles. The summed E-state index contributed by atoms with van der Waals surface area (Å²) in [6, 6.07) is 10.2. The van der Waals surface area contributed by atoms with Crippen LogP contribution in [0.3, 0.4) is 0 Å². The van der Waals surface area contributed by atoms with Crippen LogP contribution in [0.2, 0.25) is 10.0 Å². The van der Waals surface area contributed by atoms with Crippen molar-refractivity contribution in [3.63, 3.8) is 0 Å². The van der Waals surface area contributed by atoms with Crippen LogP contribution in [0.15, 0.2) is 42.5 Å². The third-order valence-electron chi connectivity index (χ3n) is 3.44. The van der Waals surface area contributed by atoms with Crippen LogP contribution in [0, 0.1) is 6.92 Å². The normalized spacial score (nSPS) is 10.6. The second kappa shape index (κ2) is 9.27. The number of amides is 1. The van der Waals surface area contributed by atoms with Gasteiger partial charge in [0.15, 0.2) is 6.61 Å². The fourth-order valence-corrected chi connectivity index (χ4v) is 2.59. The molecule has 0 heterocycles. The summed E-state index contributed by atoms with van der Waals surface area (Å²) in [6.45, 7) is 1.64. The van der Waals surface area contributed by atoms with Gasteiger partial charge in [0.1, 0.15) is 5.75 Å². The van der Waals surface area contributed by atoms with Gasteiger partial charge >= 0.3 is 5.97 Å². The molecule has 0 saturated heterocycles. The minimum atomic E-state index is -0.469. The van der Waals surface area contributed by atoms with Gasteiger partial charge in [0.05, 0.1) is 7.11 Å². The molecule has 1 amide bonds. The van der Waals surface area contributed by atoms with Gasteiger partial charge < -0.3 is 14.8 Å². The molecule has 0 aliphatic rings. The Kier molecular flexibility index (Phi) is 7.06. The Morgan fingerprint density at radius 2 is 1.85 bits per heavy atom. The van der Waals surface area contributed by atoms with Gasteiger partial charge in [-0.05, 0) is 48.9 Å². The van der Waals surface area contributed by atoms with Crippen molar-refractivity contribution in [2.75, 3.05) is 19.0 Å². The molecule has 7 heteroatoms. The van der Waals surface area contributed by atoms with E-state index in [0.29, 0.717) is 27.0 Å². The lowest BCUT2D eigenvalue weighted by Gasteiger charge is -2.10. The molecule has 0 aromatic heterocycles. The highest BCUT2D eigenvalue weighted by Gasteiger charge is 2.07. The number of hydrogen-bond donors (Lipinski definition) is 1. The van der Waals surface area contributed by atoms with Crippen molar-refractivity contribution in [1.29, 1.82) is 0 Å². The highest BCUT2D eigenvalue weighted by atomic mass is 35.5. The Balaban J connectivity index is 2.02. The number of carbonyl (C=O) groups excluding carboxylic acids is 2. The quantitative estimate of drug-likeness (QED) is 0.579. The molecule has 0 aliphatic carbocycles. The molecule has 0 atom stereocenters. The largest absolute Gasteiger partial charge is 0.482 e. The second-order valence-corrected chi connectivity index (χ2v) is 6.11. The molecule has 0 unspecified atom stereocenters. The fraction of sp³-hybridized carbons (Fsp3) is 0.158. The van der Waals surface area contributed by atoms with Gasteiger partial charge in [0, 0.05) is 27.4 Å². The van der Waals surface area contributed by atoms with E-state index in [-0.39, 0.29) is 12.5 Å². The Hall–Kier alpha value is -2.50. The van der Waals surface area contributed by atoms with Crippen LogP contribution in [0.1, 0.15) is 11.1 Å². The number of esters is 1. The molecule has 2 rings (SSSR count). The maximum Gasteiger partial charge on any atom is 0.343 e. The first kappa shape index (κ1) is 19.8. The Morgan fingerprint density at radius 3 is 2.46 bits per heavy atom. The molecule has 0 aliphatic heterocycles. The third-order valence-corrected chi connectivity index (χ3v) is 4.10. The fourth-order valence-electron chi connectivity index (χ4n) is 2.07. The van der Waals surface area contributed by atoms with Crippen molar-refractivity contribution in [3.05, 3.63) is 63.6 Å². The molecule has 136 valence electrons. The van der Waals surface area contributed by atoms with E-state index in [9.17, 15) is 9.59 Å². The van der Waals surface area contributed by atoms with Crippen molar-refractivity contribution in [2.24, 2.45) is 0 Å². The number of carbonyl (C=O) groups is 2. The number of benzene rings is 2. The smallest absolute Gasteiger partial charge is 0.343 e. The van der Waals surface area contributed by atoms with E-state index in [1.807, 2.05) is 6.92 Å². The average Bonchev–Trinajstić information content (AvgIpc) is 2.61. The second-order valence-electron chi connectivity index (χ2n) is 5.30. The SMILES string of the molecule is COC(=O)COc1ccc(NC(=O)/C=C/c2c(Cl)cccc2Cl)c(C)c1. The maximum absolute atomic E-state index is 12.1. The van der Waals surface area contributed by atoms with Gasteiger partial charge in [-0.3, -0.25) is 4.79 Å². The predicted octanol–water partition coefficient (Wildman–Crippen LogP) is 4.51. The van der Waals surface area contributed by atoms with Crippen molar-refractivity contribution in [2.45, 2.75) is 6.92 Å². The van der Waals surface area contributed by atoms with E-state index in [0.717, 1.165) is 5.56 Å². The first-order valence-corrected chi connectivity index (χ1v) is 8.39. The summed E-state index contributed by atoms with van der Waals surface area (Å²) in [6.07, 6.45) is 2.91. The molecule has 0 fully saturated rings. The number of hydrogen-bond acceptors (Lipinski definition) is 4. The highest BCUT2D eigenvalue weighted by Crippen LogP contribution is 2.26. The summed E-state index contributed by atoms with van der Waals surface area (Å²) in [5, 5.41) is 3.69. The van der Waals surface area contributed by atoms with E-state index >= 15 is 0 Å². The average molecular weight is 394 g/mol. The highest BCUT2D eigenvalue weighted by molar-refractivity contribution is 6.37. The predicted molar refractivity (Wildman–Crippen MR) is 103 cm³/mol. The Bertz CT molecular complexity index is 829. The first-order valence-electron chi connectivity index (χ1n) is 7.64. The molecule has 5 nitrogen and oxygen atoms in total. The number of nitrogens with one attached hydrogen (secondary N) is 1. The van der Waals surface area contributed by atoms with E-state index < -0.39 is 5.97 Å². The minimum Gasteiger partial charge on any atom is -0.482 e. The zero-order valence-electron chi connectivity index (χ0n) is 14.2. The number of halogens is 2. The van der Waals surface area contributed by atoms with Crippen LogP contribution in [0.4, 0.5) is 5.69 Å². The van der Waals surface area contributed by atoms with Crippen LogP contribution < -0.4 is 10.1 Å². The molecular formula is C19H17Cl2NO4. The Morgan fingerprint density at radius 1 is 1.15 bits per heavy atom. The summed E-state index contributed by atoms with van der Waals surface area (Å²) < 4.78 is 9.81. The lowest BCUT2D eigenvalue weighted by molar-refractivity contribution is -0.142. The van der Waals surface area contributed by atoms with Gasteiger partial charge in [0.25, 0.3) is 0 Å². The number of methoxy groups -OCH3 is 1. The molecular weight excluding hydrogens is 377 g/mol. The van der Waals surface area contributed by atoms with Gasteiger partial charge in [-0.25, -0.2) is 4.79 Å². The molecule has 0 radical (unpaired) electrons. The third kappa shape index (κ3) is 5.51. The maximum atomic E-state index is 12.1. The number of rotatable bonds is 6. The van der Waals surface area contributed by atoms with Crippen molar-refractivity contribution in [1.82, 2.24) is 0 Å². The number of anilines is 1. The van der Waals surface area contributed by atoms with Gasteiger partial charge in [-0.2, -0.15) is 0 Å². The Labute approximate surface area is 161 Å². The zero-order valence-corrected chi connectivity index (χ0v) is 15.7. The first-order chi connectivity index (χ1) is 12.4. The van der Waals surface area contributed by atoms with Crippen LogP contribution in [-0.2, 0) is 14.3 Å². The minimum absolute atomic E-state index is 0.178. The number of aryl methyl sites for hydroxylation is 1. The van der Waals surface area contributed by atoms with E-state index in [1.165, 1.54) is 13.2 Å². The lowest BCUT2D eigenvalue weighted by Crippen LogP contribution is -2.13. The van der Waals surface area contributed by atoms with Crippen LogP contribution in [-0.4, -0.2) is 25.6 Å². The van der Waals surface area contributed by atoms with Crippen LogP contribution in [0.5, 0.6) is 5.75 Å². The van der Waals surface area contributed by atoms with Crippen molar-refractivity contribution >= 4 is 46.8 Å².